The van der Waals surface area contributed by atoms with Gasteiger partial charge >= 0.3 is 0 Å². The molecule has 2 aromatic heterocycles. The minimum absolute atomic E-state index is 0.132. The lowest BCUT2D eigenvalue weighted by atomic mass is 10.1. The topological polar surface area (TPSA) is 68.5 Å². The van der Waals surface area contributed by atoms with Gasteiger partial charge in [-0.2, -0.15) is 0 Å². The number of aromatic nitrogens is 3. The summed E-state index contributed by atoms with van der Waals surface area (Å²) in [7, 11) is 1.61. The van der Waals surface area contributed by atoms with Crippen LogP contribution in [0.4, 0.5) is 10.1 Å². The van der Waals surface area contributed by atoms with E-state index in [1.165, 1.54) is 23.9 Å². The van der Waals surface area contributed by atoms with Gasteiger partial charge in [0.1, 0.15) is 11.6 Å². The van der Waals surface area contributed by atoms with E-state index in [2.05, 4.69) is 31.4 Å². The van der Waals surface area contributed by atoms with Crippen LogP contribution in [0, 0.1) is 12.7 Å². The predicted molar refractivity (Wildman–Crippen MR) is 120 cm³/mol. The minimum atomic E-state index is -0.526. The standard InChI is InChI=1S/C21H18BrFN4O2S/c1-11-8-19-25-26-21(27(19)18-10-14(29-3)5-6-15(11)18)30-12(2)20(28)24-17-7-4-13(22)9-16(17)23/h4-10,12H,1-3H3,(H,24,28). The van der Waals surface area contributed by atoms with E-state index in [4.69, 9.17) is 4.74 Å². The third-order valence-corrected chi connectivity index (χ3v) is 6.25. The van der Waals surface area contributed by atoms with Gasteiger partial charge in [0.2, 0.25) is 5.91 Å². The molecule has 0 saturated heterocycles. The normalized spacial score (nSPS) is 12.3. The van der Waals surface area contributed by atoms with Crippen molar-refractivity contribution in [3.05, 3.63) is 58.3 Å². The first-order valence-corrected chi connectivity index (χ1v) is 10.8. The number of aryl methyl sites for hydroxylation is 1. The second-order valence-electron chi connectivity index (χ2n) is 6.76. The Labute approximate surface area is 185 Å². The number of anilines is 1. The highest BCUT2D eigenvalue weighted by Crippen LogP contribution is 2.30. The number of carbonyl (C=O) groups is 1. The highest BCUT2D eigenvalue weighted by Gasteiger charge is 2.20. The number of amides is 1. The molecule has 1 amide bonds. The molecule has 0 fully saturated rings. The van der Waals surface area contributed by atoms with Crippen LogP contribution in [-0.2, 0) is 4.79 Å². The van der Waals surface area contributed by atoms with Gasteiger partial charge < -0.3 is 10.1 Å². The molecule has 1 atom stereocenters. The number of nitrogens with one attached hydrogen (secondary N) is 1. The Morgan fingerprint density at radius 2 is 2.03 bits per heavy atom. The monoisotopic (exact) mass is 488 g/mol. The van der Waals surface area contributed by atoms with E-state index in [-0.39, 0.29) is 11.6 Å². The van der Waals surface area contributed by atoms with E-state index in [0.29, 0.717) is 15.3 Å². The van der Waals surface area contributed by atoms with Gasteiger partial charge in [-0.25, -0.2) is 4.39 Å². The average molecular weight is 489 g/mol. The number of methoxy groups -OCH3 is 1. The van der Waals surface area contributed by atoms with E-state index in [0.717, 1.165) is 22.2 Å². The van der Waals surface area contributed by atoms with E-state index in [1.54, 1.807) is 20.1 Å². The molecule has 6 nitrogen and oxygen atoms in total. The maximum atomic E-state index is 14.1. The number of rotatable bonds is 5. The summed E-state index contributed by atoms with van der Waals surface area (Å²) in [6, 6.07) is 12.3. The summed E-state index contributed by atoms with van der Waals surface area (Å²) in [5.74, 6) is -0.112. The van der Waals surface area contributed by atoms with Gasteiger partial charge in [-0.15, -0.1) is 10.2 Å². The molecule has 9 heteroatoms. The van der Waals surface area contributed by atoms with Crippen LogP contribution in [0.3, 0.4) is 0 Å². The fourth-order valence-corrected chi connectivity index (χ4v) is 4.34. The largest absolute Gasteiger partial charge is 0.497 e. The molecule has 2 aromatic carbocycles. The van der Waals surface area contributed by atoms with Crippen molar-refractivity contribution in [1.82, 2.24) is 14.6 Å². The molecule has 0 bridgehead atoms. The van der Waals surface area contributed by atoms with Crippen LogP contribution in [0.1, 0.15) is 12.5 Å². The molecule has 2 heterocycles. The summed E-state index contributed by atoms with van der Waals surface area (Å²) in [5, 5.41) is 12.3. The summed E-state index contributed by atoms with van der Waals surface area (Å²) in [4.78, 5) is 12.6. The van der Waals surface area contributed by atoms with Crippen molar-refractivity contribution in [1.29, 1.82) is 0 Å². The average Bonchev–Trinajstić information content (AvgIpc) is 3.12. The molecule has 4 aromatic rings. The summed E-state index contributed by atoms with van der Waals surface area (Å²) in [6.45, 7) is 3.76. The lowest BCUT2D eigenvalue weighted by molar-refractivity contribution is -0.115. The zero-order valence-electron chi connectivity index (χ0n) is 16.4. The van der Waals surface area contributed by atoms with Crippen LogP contribution in [0.25, 0.3) is 16.6 Å². The maximum absolute atomic E-state index is 14.1. The zero-order chi connectivity index (χ0) is 21.4. The number of nitrogens with zero attached hydrogens (tertiary/aromatic N) is 3. The van der Waals surface area contributed by atoms with Crippen molar-refractivity contribution in [2.24, 2.45) is 0 Å². The highest BCUT2D eigenvalue weighted by molar-refractivity contribution is 9.10. The fraction of sp³-hybridized carbons (Fsp3) is 0.190. The van der Waals surface area contributed by atoms with Gasteiger partial charge in [-0.05, 0) is 55.8 Å². The van der Waals surface area contributed by atoms with Gasteiger partial charge in [0, 0.05) is 15.9 Å². The van der Waals surface area contributed by atoms with Crippen LogP contribution < -0.4 is 10.1 Å². The first kappa shape index (κ1) is 20.6. The SMILES string of the molecule is COc1ccc2c(C)cc3nnc(SC(C)C(=O)Nc4ccc(Br)cc4F)n3c2c1. The number of carbonyl (C=O) groups excluding carboxylic acids is 1. The predicted octanol–water partition coefficient (Wildman–Crippen LogP) is 5.22. The van der Waals surface area contributed by atoms with Crippen molar-refractivity contribution < 1.29 is 13.9 Å². The molecule has 1 unspecified atom stereocenters. The third-order valence-electron chi connectivity index (χ3n) is 4.72. The van der Waals surface area contributed by atoms with Gasteiger partial charge in [0.25, 0.3) is 0 Å². The Kier molecular flexibility index (Phi) is 5.66. The number of thioether (sulfide) groups is 1. The van der Waals surface area contributed by atoms with Gasteiger partial charge in [-0.1, -0.05) is 27.7 Å². The number of benzene rings is 2. The van der Waals surface area contributed by atoms with Gasteiger partial charge in [0.05, 0.1) is 23.6 Å². The number of ether oxygens (including phenoxy) is 1. The minimum Gasteiger partial charge on any atom is -0.497 e. The molecular weight excluding hydrogens is 471 g/mol. The second-order valence-corrected chi connectivity index (χ2v) is 8.98. The fourth-order valence-electron chi connectivity index (χ4n) is 3.14. The molecule has 0 aliphatic carbocycles. The van der Waals surface area contributed by atoms with E-state index in [9.17, 15) is 9.18 Å². The van der Waals surface area contributed by atoms with Crippen LogP contribution in [0.15, 0.2) is 52.1 Å². The molecular formula is C21H18BrFN4O2S. The molecule has 1 N–H and O–H groups in total. The number of hydrogen-bond acceptors (Lipinski definition) is 5. The molecule has 154 valence electrons. The summed E-state index contributed by atoms with van der Waals surface area (Å²) >= 11 is 4.46. The first-order valence-electron chi connectivity index (χ1n) is 9.12. The van der Waals surface area contributed by atoms with Crippen LogP contribution in [-0.4, -0.2) is 32.9 Å². The molecule has 0 saturated carbocycles. The van der Waals surface area contributed by atoms with E-state index in [1.807, 2.05) is 35.6 Å². The molecule has 4 rings (SSSR count). The van der Waals surface area contributed by atoms with Crippen molar-refractivity contribution in [2.45, 2.75) is 24.3 Å². The van der Waals surface area contributed by atoms with E-state index >= 15 is 0 Å². The Morgan fingerprint density at radius 1 is 1.23 bits per heavy atom. The lowest BCUT2D eigenvalue weighted by Gasteiger charge is -2.13. The molecule has 0 aliphatic rings. The first-order chi connectivity index (χ1) is 14.4. The van der Waals surface area contributed by atoms with Crippen molar-refractivity contribution in [3.8, 4) is 5.75 Å². The lowest BCUT2D eigenvalue weighted by Crippen LogP contribution is -2.23. The van der Waals surface area contributed by atoms with Crippen LogP contribution in [0.2, 0.25) is 0 Å². The number of hydrogen-bond donors (Lipinski definition) is 1. The van der Waals surface area contributed by atoms with E-state index < -0.39 is 11.1 Å². The smallest absolute Gasteiger partial charge is 0.237 e. The molecule has 30 heavy (non-hydrogen) atoms. The van der Waals surface area contributed by atoms with Crippen molar-refractivity contribution in [2.75, 3.05) is 12.4 Å². The third kappa shape index (κ3) is 3.87. The Balaban J connectivity index is 1.66. The Bertz CT molecular complexity index is 1280. The quantitative estimate of drug-likeness (QED) is 0.390. The highest BCUT2D eigenvalue weighted by atomic mass is 79.9. The van der Waals surface area contributed by atoms with Gasteiger partial charge in [-0.3, -0.25) is 9.20 Å². The molecule has 0 radical (unpaired) electrons. The van der Waals surface area contributed by atoms with Crippen molar-refractivity contribution >= 4 is 55.8 Å². The molecule has 0 spiro atoms. The summed E-state index contributed by atoms with van der Waals surface area (Å²) < 4.78 is 21.9. The summed E-state index contributed by atoms with van der Waals surface area (Å²) in [5.41, 5.74) is 2.78. The molecule has 0 aliphatic heterocycles. The van der Waals surface area contributed by atoms with Crippen LogP contribution in [0.5, 0.6) is 5.75 Å². The zero-order valence-corrected chi connectivity index (χ0v) is 18.8. The second kappa shape index (κ2) is 8.23. The number of fused-ring (bicyclic) bond motifs is 3. The number of halogens is 2. The van der Waals surface area contributed by atoms with Crippen molar-refractivity contribution in [3.63, 3.8) is 0 Å². The van der Waals surface area contributed by atoms with Crippen LogP contribution >= 0.6 is 27.7 Å². The summed E-state index contributed by atoms with van der Waals surface area (Å²) in [6.07, 6.45) is 0. The van der Waals surface area contributed by atoms with Gasteiger partial charge in [0.15, 0.2) is 10.8 Å². The maximum Gasteiger partial charge on any atom is 0.237 e. The Morgan fingerprint density at radius 3 is 2.77 bits per heavy atom. The Hall–Kier alpha value is -2.65. The number of pyridine rings is 1.